The molecule has 0 radical (unpaired) electrons. The van der Waals surface area contributed by atoms with Crippen molar-refractivity contribution in [2.75, 3.05) is 105 Å². The fraction of sp³-hybridized carbons (Fsp3) is 0.453. The van der Waals surface area contributed by atoms with E-state index < -0.39 is 65.2 Å². The van der Waals surface area contributed by atoms with Crippen molar-refractivity contribution in [3.05, 3.63) is 139 Å². The largest absolute Gasteiger partial charge is 0.480 e. The van der Waals surface area contributed by atoms with Gasteiger partial charge in [-0.2, -0.15) is 0 Å². The molecule has 4 amide bonds. The topological polar surface area (TPSA) is 284 Å². The third-order valence-corrected chi connectivity index (χ3v) is 12.9. The van der Waals surface area contributed by atoms with E-state index in [0.29, 0.717) is 70.4 Å². The number of aryl methyl sites for hydroxylation is 1. The number of hydrogen-bond donors (Lipinski definition) is 5. The van der Waals surface area contributed by atoms with Gasteiger partial charge in [0.1, 0.15) is 17.7 Å². The Bertz CT molecular complexity index is 2730. The standard InChI is InChI=1S/C53H67F2N7O14S/c1-36-49(51(67)62(34-43(57)38-8-3-2-4-9-38)53(70)61(36)33-40-41(54)11-6-12-42(40)55)39-10-5-7-37(31-39)13-14-46(63)58-17-20-72-22-24-74-26-28-76-30-29-75-27-25-73-23-21-71-19-15-47(64)59-44(52(68)69)35-77-45-32-48(65)60(18-16-56)50(45)66/h2-12,31-32,43-44H,13-30,33-35,56-57H2,1H3,(H,58,63)(H,59,64)(H,68,69)/t43-,44?/m0/s1. The average molecular weight is 1100 g/mol. The summed E-state index contributed by atoms with van der Waals surface area (Å²) in [6.45, 7) is 4.79. The normalized spacial score (nSPS) is 13.2. The van der Waals surface area contributed by atoms with Gasteiger partial charge in [0.25, 0.3) is 17.4 Å². The van der Waals surface area contributed by atoms with Crippen molar-refractivity contribution >= 4 is 41.4 Å². The number of imide groups is 1. The van der Waals surface area contributed by atoms with Crippen molar-refractivity contribution in [2.45, 2.75) is 51.4 Å². The second-order valence-electron chi connectivity index (χ2n) is 17.3. The number of thioether (sulfide) groups is 1. The summed E-state index contributed by atoms with van der Waals surface area (Å²) in [5, 5.41) is 14.7. The lowest BCUT2D eigenvalue weighted by atomic mass is 10.00. The third kappa shape index (κ3) is 19.8. The zero-order valence-electron chi connectivity index (χ0n) is 42.9. The lowest BCUT2D eigenvalue weighted by Gasteiger charge is -2.20. The molecule has 1 aromatic heterocycles. The number of ether oxygens (including phenoxy) is 6. The SMILES string of the molecule is Cc1c(-c2cccc(CCC(=O)NCCOCCOCCOCCOCCOCCOCCC(=O)NC(CSC3=CC(=O)N(CCN)C3=O)C(=O)O)c2)c(=O)n(C[C@H](N)c2ccccc2)c(=O)n1Cc1c(F)cccc1F. The van der Waals surface area contributed by atoms with Crippen molar-refractivity contribution in [3.63, 3.8) is 0 Å². The number of hydrogen-bond acceptors (Lipinski definition) is 16. The van der Waals surface area contributed by atoms with Gasteiger partial charge in [0.2, 0.25) is 11.8 Å². The Kier molecular flexibility index (Phi) is 26.3. The van der Waals surface area contributed by atoms with Crippen molar-refractivity contribution in [1.29, 1.82) is 0 Å². The number of carboxylic acids is 1. The number of benzene rings is 3. The van der Waals surface area contributed by atoms with Crippen LogP contribution in [-0.4, -0.2) is 159 Å². The van der Waals surface area contributed by atoms with Gasteiger partial charge >= 0.3 is 11.7 Å². The van der Waals surface area contributed by atoms with Crippen LogP contribution in [0.2, 0.25) is 0 Å². The van der Waals surface area contributed by atoms with Crippen LogP contribution in [0.3, 0.4) is 0 Å². The number of carboxylic acid groups (broad SMARTS) is 1. The van der Waals surface area contributed by atoms with E-state index in [1.807, 2.05) is 12.1 Å². The van der Waals surface area contributed by atoms with Crippen LogP contribution >= 0.6 is 11.8 Å². The van der Waals surface area contributed by atoms with Crippen LogP contribution in [0, 0.1) is 18.6 Å². The summed E-state index contributed by atoms with van der Waals surface area (Å²) in [5.74, 6) is -4.91. The molecular weight excluding hydrogens is 1030 g/mol. The Labute approximate surface area is 448 Å². The van der Waals surface area contributed by atoms with Crippen LogP contribution < -0.4 is 33.3 Å². The molecule has 7 N–H and O–H groups in total. The van der Waals surface area contributed by atoms with E-state index in [4.69, 9.17) is 39.9 Å². The first kappa shape index (κ1) is 61.4. The maximum absolute atomic E-state index is 14.9. The minimum Gasteiger partial charge on any atom is -0.480 e. The van der Waals surface area contributed by atoms with Crippen LogP contribution in [0.25, 0.3) is 11.1 Å². The lowest BCUT2D eigenvalue weighted by molar-refractivity contribution is -0.141. The molecule has 24 heteroatoms. The molecule has 0 saturated carbocycles. The summed E-state index contributed by atoms with van der Waals surface area (Å²) < 4.78 is 64.8. The molecule has 418 valence electrons. The highest BCUT2D eigenvalue weighted by Gasteiger charge is 2.32. The number of carbonyl (C=O) groups excluding carboxylic acids is 4. The van der Waals surface area contributed by atoms with Gasteiger partial charge in [0, 0.05) is 61.6 Å². The van der Waals surface area contributed by atoms with Crippen molar-refractivity contribution < 1.29 is 66.3 Å². The number of carbonyl (C=O) groups is 5. The Morgan fingerprint density at radius 1 is 0.727 bits per heavy atom. The molecule has 1 aliphatic rings. The van der Waals surface area contributed by atoms with E-state index in [1.165, 1.54) is 10.6 Å². The van der Waals surface area contributed by atoms with E-state index in [0.717, 1.165) is 45.0 Å². The molecule has 0 saturated heterocycles. The number of aromatic nitrogens is 2. The smallest absolute Gasteiger partial charge is 0.331 e. The number of nitrogens with two attached hydrogens (primary N) is 2. The number of aliphatic carboxylic acids is 1. The first-order valence-corrected chi connectivity index (χ1v) is 26.0. The molecule has 0 aliphatic carbocycles. The second kappa shape index (κ2) is 33.0. The quantitative estimate of drug-likeness (QED) is 0.0319. The molecule has 0 bridgehead atoms. The number of rotatable bonds is 37. The molecule has 0 spiro atoms. The Hall–Kier alpha value is -6.48. The predicted octanol–water partition coefficient (Wildman–Crippen LogP) is 2.06. The van der Waals surface area contributed by atoms with Gasteiger partial charge in [-0.3, -0.25) is 38.0 Å². The van der Waals surface area contributed by atoms with Gasteiger partial charge < -0.3 is 55.6 Å². The highest BCUT2D eigenvalue weighted by atomic mass is 32.2. The van der Waals surface area contributed by atoms with Gasteiger partial charge in [-0.05, 0) is 42.2 Å². The molecule has 4 aromatic rings. The van der Waals surface area contributed by atoms with Gasteiger partial charge in [-0.25, -0.2) is 18.4 Å². The second-order valence-corrected chi connectivity index (χ2v) is 18.4. The monoisotopic (exact) mass is 1100 g/mol. The van der Waals surface area contributed by atoms with E-state index in [2.05, 4.69) is 10.6 Å². The molecule has 3 aromatic carbocycles. The van der Waals surface area contributed by atoms with Gasteiger partial charge in [0.05, 0.1) is 103 Å². The summed E-state index contributed by atoms with van der Waals surface area (Å²) in [5.41, 5.74) is 12.5. The van der Waals surface area contributed by atoms with Crippen LogP contribution in [0.15, 0.2) is 93.4 Å². The molecule has 1 unspecified atom stereocenters. The summed E-state index contributed by atoms with van der Waals surface area (Å²) in [6, 6.07) is 17.4. The summed E-state index contributed by atoms with van der Waals surface area (Å²) in [6.07, 6.45) is 1.52. The molecule has 1 aliphatic heterocycles. The average Bonchev–Trinajstić information content (AvgIpc) is 3.69. The first-order chi connectivity index (χ1) is 37.2. The number of amides is 4. The highest BCUT2D eigenvalue weighted by molar-refractivity contribution is 8.04. The van der Waals surface area contributed by atoms with E-state index in [9.17, 15) is 47.4 Å². The zero-order chi connectivity index (χ0) is 55.5. The van der Waals surface area contributed by atoms with Gasteiger partial charge in [-0.1, -0.05) is 60.7 Å². The summed E-state index contributed by atoms with van der Waals surface area (Å²) in [4.78, 5) is 90.0. The van der Waals surface area contributed by atoms with E-state index in [1.54, 1.807) is 49.4 Å². The Morgan fingerprint density at radius 3 is 1.91 bits per heavy atom. The lowest BCUT2D eigenvalue weighted by Crippen LogP contribution is -2.44. The van der Waals surface area contributed by atoms with Gasteiger partial charge in [-0.15, -0.1) is 11.8 Å². The van der Waals surface area contributed by atoms with Crippen LogP contribution in [-0.2, 0) is 71.9 Å². The fourth-order valence-corrected chi connectivity index (χ4v) is 8.72. The molecule has 21 nitrogen and oxygen atoms in total. The minimum atomic E-state index is -1.28. The molecule has 5 rings (SSSR count). The maximum Gasteiger partial charge on any atom is 0.331 e. The highest BCUT2D eigenvalue weighted by Crippen LogP contribution is 2.26. The van der Waals surface area contributed by atoms with E-state index >= 15 is 0 Å². The third-order valence-electron chi connectivity index (χ3n) is 11.8. The maximum atomic E-state index is 14.9. The van der Waals surface area contributed by atoms with Gasteiger partial charge in [0.15, 0.2) is 0 Å². The molecule has 2 heterocycles. The van der Waals surface area contributed by atoms with Crippen LogP contribution in [0.5, 0.6) is 0 Å². The molecule has 2 atom stereocenters. The van der Waals surface area contributed by atoms with Crippen LogP contribution in [0.4, 0.5) is 8.78 Å². The predicted molar refractivity (Wildman–Crippen MR) is 281 cm³/mol. The molecular formula is C53H67F2N7O14S. The number of nitrogens with zero attached hydrogens (tertiary/aromatic N) is 3. The van der Waals surface area contributed by atoms with Crippen molar-refractivity contribution in [1.82, 2.24) is 24.7 Å². The number of nitrogens with one attached hydrogen (secondary N) is 2. The fourth-order valence-electron chi connectivity index (χ4n) is 7.73. The van der Waals surface area contributed by atoms with Crippen molar-refractivity contribution in [2.24, 2.45) is 11.5 Å². The minimum absolute atomic E-state index is 0.0376. The Morgan fingerprint density at radius 2 is 1.31 bits per heavy atom. The molecule has 0 fully saturated rings. The Balaban J connectivity index is 0.880. The summed E-state index contributed by atoms with van der Waals surface area (Å²) >= 11 is 0.871. The van der Waals surface area contributed by atoms with E-state index in [-0.39, 0.29) is 98.8 Å². The first-order valence-electron chi connectivity index (χ1n) is 25.0. The summed E-state index contributed by atoms with van der Waals surface area (Å²) in [7, 11) is 0. The zero-order valence-corrected chi connectivity index (χ0v) is 43.7. The molecule has 77 heavy (non-hydrogen) atoms. The van der Waals surface area contributed by atoms with Crippen molar-refractivity contribution in [3.8, 4) is 11.1 Å². The number of halogens is 2. The van der Waals surface area contributed by atoms with Crippen LogP contribution in [0.1, 0.15) is 41.3 Å².